The van der Waals surface area contributed by atoms with Crippen LogP contribution in [0.3, 0.4) is 0 Å². The SMILES string of the molecule is CC(CN)C(C1CCN(C)C1)N(C)C. The van der Waals surface area contributed by atoms with Gasteiger partial charge in [-0.1, -0.05) is 6.92 Å². The largest absolute Gasteiger partial charge is 0.330 e. The number of nitrogens with zero attached hydrogens (tertiary/aromatic N) is 2. The smallest absolute Gasteiger partial charge is 0.0168 e. The Bertz CT molecular complexity index is 170. The monoisotopic (exact) mass is 199 g/mol. The summed E-state index contributed by atoms with van der Waals surface area (Å²) in [6, 6.07) is 0.643. The normalized spacial score (nSPS) is 28.3. The van der Waals surface area contributed by atoms with Crippen molar-refractivity contribution >= 4 is 0 Å². The van der Waals surface area contributed by atoms with Crippen molar-refractivity contribution in [2.75, 3.05) is 40.8 Å². The molecule has 0 spiro atoms. The van der Waals surface area contributed by atoms with Gasteiger partial charge in [-0.25, -0.2) is 0 Å². The second kappa shape index (κ2) is 5.10. The van der Waals surface area contributed by atoms with Crippen LogP contribution in [0.5, 0.6) is 0 Å². The summed E-state index contributed by atoms with van der Waals surface area (Å²) in [7, 11) is 6.56. The molecule has 1 heterocycles. The molecule has 1 rings (SSSR count). The number of likely N-dealkylation sites (tertiary alicyclic amines) is 1. The lowest BCUT2D eigenvalue weighted by atomic mass is 9.88. The molecule has 1 aliphatic rings. The van der Waals surface area contributed by atoms with E-state index in [0.717, 1.165) is 12.5 Å². The lowest BCUT2D eigenvalue weighted by Gasteiger charge is -2.34. The second-order valence-corrected chi connectivity index (χ2v) is 4.98. The molecule has 3 heteroatoms. The van der Waals surface area contributed by atoms with Gasteiger partial charge in [-0.05, 0) is 52.5 Å². The van der Waals surface area contributed by atoms with Gasteiger partial charge in [0.25, 0.3) is 0 Å². The van der Waals surface area contributed by atoms with Crippen molar-refractivity contribution in [2.45, 2.75) is 19.4 Å². The lowest BCUT2D eigenvalue weighted by Crippen LogP contribution is -2.44. The first-order valence-electron chi connectivity index (χ1n) is 5.61. The number of rotatable bonds is 4. The second-order valence-electron chi connectivity index (χ2n) is 4.98. The van der Waals surface area contributed by atoms with Crippen LogP contribution in [0.15, 0.2) is 0 Å². The third-order valence-corrected chi connectivity index (χ3v) is 3.46. The predicted molar refractivity (Wildman–Crippen MR) is 61.3 cm³/mol. The van der Waals surface area contributed by atoms with Crippen LogP contribution in [-0.4, -0.2) is 56.6 Å². The Morgan fingerprint density at radius 3 is 2.50 bits per heavy atom. The van der Waals surface area contributed by atoms with Crippen LogP contribution in [-0.2, 0) is 0 Å². The fourth-order valence-electron chi connectivity index (χ4n) is 2.78. The van der Waals surface area contributed by atoms with Crippen LogP contribution < -0.4 is 5.73 Å². The van der Waals surface area contributed by atoms with Gasteiger partial charge >= 0.3 is 0 Å². The van der Waals surface area contributed by atoms with Gasteiger partial charge in [0.1, 0.15) is 0 Å². The molecule has 3 unspecified atom stereocenters. The maximum Gasteiger partial charge on any atom is 0.0168 e. The third-order valence-electron chi connectivity index (χ3n) is 3.46. The topological polar surface area (TPSA) is 32.5 Å². The summed E-state index contributed by atoms with van der Waals surface area (Å²) in [6.45, 7) is 5.53. The first kappa shape index (κ1) is 12.0. The van der Waals surface area contributed by atoms with E-state index in [1.165, 1.54) is 19.5 Å². The molecule has 1 saturated heterocycles. The zero-order valence-electron chi connectivity index (χ0n) is 10.0. The molecule has 84 valence electrons. The Morgan fingerprint density at radius 1 is 1.50 bits per heavy atom. The van der Waals surface area contributed by atoms with E-state index in [0.29, 0.717) is 12.0 Å². The highest BCUT2D eigenvalue weighted by Gasteiger charge is 2.32. The molecule has 0 bridgehead atoms. The molecule has 3 nitrogen and oxygen atoms in total. The minimum Gasteiger partial charge on any atom is -0.330 e. The van der Waals surface area contributed by atoms with E-state index in [1.54, 1.807) is 0 Å². The maximum absolute atomic E-state index is 5.77. The molecular weight excluding hydrogens is 174 g/mol. The molecule has 2 N–H and O–H groups in total. The zero-order valence-corrected chi connectivity index (χ0v) is 10.0. The van der Waals surface area contributed by atoms with Gasteiger partial charge in [0, 0.05) is 12.6 Å². The molecule has 0 aromatic rings. The number of hydrogen-bond donors (Lipinski definition) is 1. The summed E-state index contributed by atoms with van der Waals surface area (Å²) in [6.07, 6.45) is 1.32. The van der Waals surface area contributed by atoms with E-state index >= 15 is 0 Å². The molecule has 0 radical (unpaired) electrons. The summed E-state index contributed by atoms with van der Waals surface area (Å²) in [5, 5.41) is 0. The van der Waals surface area contributed by atoms with Crippen LogP contribution in [0, 0.1) is 11.8 Å². The van der Waals surface area contributed by atoms with E-state index in [1.807, 2.05) is 0 Å². The highest BCUT2D eigenvalue weighted by atomic mass is 15.2. The first-order valence-corrected chi connectivity index (χ1v) is 5.61. The molecule has 1 aliphatic heterocycles. The maximum atomic E-state index is 5.77. The average Bonchev–Trinajstić information content (AvgIpc) is 2.51. The Balaban J connectivity index is 2.58. The quantitative estimate of drug-likeness (QED) is 0.714. The van der Waals surface area contributed by atoms with Crippen LogP contribution in [0.4, 0.5) is 0 Å². The van der Waals surface area contributed by atoms with Gasteiger partial charge < -0.3 is 15.5 Å². The Morgan fingerprint density at radius 2 is 2.14 bits per heavy atom. The summed E-state index contributed by atoms with van der Waals surface area (Å²) in [5.41, 5.74) is 5.77. The van der Waals surface area contributed by atoms with Crippen molar-refractivity contribution in [3.05, 3.63) is 0 Å². The van der Waals surface area contributed by atoms with E-state index in [-0.39, 0.29) is 0 Å². The van der Waals surface area contributed by atoms with E-state index in [4.69, 9.17) is 5.73 Å². The molecule has 0 amide bonds. The average molecular weight is 199 g/mol. The Labute approximate surface area is 88.2 Å². The molecule has 3 atom stereocenters. The van der Waals surface area contributed by atoms with Gasteiger partial charge in [-0.15, -0.1) is 0 Å². The van der Waals surface area contributed by atoms with Crippen LogP contribution in [0.1, 0.15) is 13.3 Å². The van der Waals surface area contributed by atoms with E-state index in [2.05, 4.69) is 37.9 Å². The summed E-state index contributed by atoms with van der Waals surface area (Å²) >= 11 is 0. The minimum atomic E-state index is 0.599. The van der Waals surface area contributed by atoms with E-state index < -0.39 is 0 Å². The van der Waals surface area contributed by atoms with Gasteiger partial charge in [-0.2, -0.15) is 0 Å². The molecule has 14 heavy (non-hydrogen) atoms. The standard InChI is InChI=1S/C11H25N3/c1-9(7-12)11(13(2)3)10-5-6-14(4)8-10/h9-11H,5-8,12H2,1-4H3. The molecule has 0 aliphatic carbocycles. The number of hydrogen-bond acceptors (Lipinski definition) is 3. The first-order chi connectivity index (χ1) is 6.56. The van der Waals surface area contributed by atoms with Crippen molar-refractivity contribution in [1.29, 1.82) is 0 Å². The molecule has 0 aromatic carbocycles. The highest BCUT2D eigenvalue weighted by molar-refractivity contribution is 4.87. The lowest BCUT2D eigenvalue weighted by molar-refractivity contribution is 0.154. The van der Waals surface area contributed by atoms with Gasteiger partial charge in [0.15, 0.2) is 0 Å². The van der Waals surface area contributed by atoms with Gasteiger partial charge in [0.05, 0.1) is 0 Å². The van der Waals surface area contributed by atoms with Crippen molar-refractivity contribution in [2.24, 2.45) is 17.6 Å². The summed E-state index contributed by atoms with van der Waals surface area (Å²) in [5.74, 6) is 1.40. The van der Waals surface area contributed by atoms with Crippen LogP contribution in [0.2, 0.25) is 0 Å². The van der Waals surface area contributed by atoms with Gasteiger partial charge in [0.2, 0.25) is 0 Å². The molecule has 0 aromatic heterocycles. The van der Waals surface area contributed by atoms with Crippen LogP contribution in [0.25, 0.3) is 0 Å². The minimum absolute atomic E-state index is 0.599. The number of nitrogens with two attached hydrogens (primary N) is 1. The van der Waals surface area contributed by atoms with Crippen molar-refractivity contribution in [3.8, 4) is 0 Å². The predicted octanol–water partition coefficient (Wildman–Crippen LogP) is 0.463. The van der Waals surface area contributed by atoms with E-state index in [9.17, 15) is 0 Å². The van der Waals surface area contributed by atoms with Crippen molar-refractivity contribution in [3.63, 3.8) is 0 Å². The zero-order chi connectivity index (χ0) is 10.7. The summed E-state index contributed by atoms with van der Waals surface area (Å²) < 4.78 is 0. The van der Waals surface area contributed by atoms with Crippen molar-refractivity contribution in [1.82, 2.24) is 9.80 Å². The molecular formula is C11H25N3. The van der Waals surface area contributed by atoms with Crippen molar-refractivity contribution < 1.29 is 0 Å². The Hall–Kier alpha value is -0.120. The van der Waals surface area contributed by atoms with Crippen LogP contribution >= 0.6 is 0 Å². The third kappa shape index (κ3) is 2.69. The summed E-state index contributed by atoms with van der Waals surface area (Å²) in [4.78, 5) is 4.77. The fourth-order valence-corrected chi connectivity index (χ4v) is 2.78. The Kier molecular flexibility index (Phi) is 4.35. The highest BCUT2D eigenvalue weighted by Crippen LogP contribution is 2.25. The molecule has 1 fully saturated rings. The molecule has 0 saturated carbocycles. The fraction of sp³-hybridized carbons (Fsp3) is 1.00. The van der Waals surface area contributed by atoms with Gasteiger partial charge in [-0.3, -0.25) is 0 Å².